The van der Waals surface area contributed by atoms with Crippen molar-refractivity contribution in [2.75, 3.05) is 39.3 Å². The van der Waals surface area contributed by atoms with Gasteiger partial charge in [0.25, 0.3) is 0 Å². The molecule has 3 saturated heterocycles. The van der Waals surface area contributed by atoms with E-state index in [0.717, 1.165) is 38.0 Å². The molecule has 1 unspecified atom stereocenters. The van der Waals surface area contributed by atoms with Crippen molar-refractivity contribution in [1.82, 2.24) is 15.1 Å². The Balaban J connectivity index is 1.37. The molecule has 0 aliphatic carbocycles. The fourth-order valence-corrected chi connectivity index (χ4v) is 4.08. The van der Waals surface area contributed by atoms with Crippen molar-refractivity contribution in [2.24, 2.45) is 5.92 Å². The summed E-state index contributed by atoms with van der Waals surface area (Å²) in [5.74, 6) is 1.19. The number of carbonyl (C=O) groups is 1. The van der Waals surface area contributed by atoms with E-state index >= 15 is 0 Å². The Morgan fingerprint density at radius 2 is 1.75 bits per heavy atom. The van der Waals surface area contributed by atoms with Gasteiger partial charge in [-0.25, -0.2) is 0 Å². The Hall–Kier alpha value is -0.610. The number of nitrogens with zero attached hydrogens (tertiary/aromatic N) is 2. The topological polar surface area (TPSA) is 35.6 Å². The minimum atomic E-state index is 0.384. The Kier molecular flexibility index (Phi) is 4.94. The van der Waals surface area contributed by atoms with Crippen LogP contribution in [0.15, 0.2) is 0 Å². The van der Waals surface area contributed by atoms with E-state index in [2.05, 4.69) is 15.1 Å². The molecule has 4 nitrogen and oxygen atoms in total. The van der Waals surface area contributed by atoms with Gasteiger partial charge in [0.05, 0.1) is 0 Å². The van der Waals surface area contributed by atoms with Crippen molar-refractivity contribution in [3.63, 3.8) is 0 Å². The molecule has 20 heavy (non-hydrogen) atoms. The molecule has 3 fully saturated rings. The van der Waals surface area contributed by atoms with Gasteiger partial charge >= 0.3 is 0 Å². The lowest BCUT2D eigenvalue weighted by Gasteiger charge is -2.35. The molecule has 1 amide bonds. The number of amides is 1. The number of hydrogen-bond acceptors (Lipinski definition) is 3. The third kappa shape index (κ3) is 3.53. The van der Waals surface area contributed by atoms with Crippen LogP contribution < -0.4 is 5.32 Å². The molecule has 0 bridgehead atoms. The van der Waals surface area contributed by atoms with E-state index in [9.17, 15) is 4.79 Å². The van der Waals surface area contributed by atoms with Crippen LogP contribution in [0.2, 0.25) is 0 Å². The first-order chi connectivity index (χ1) is 9.83. The van der Waals surface area contributed by atoms with Crippen LogP contribution in [0.25, 0.3) is 0 Å². The highest BCUT2D eigenvalue weighted by Gasteiger charge is 2.29. The lowest BCUT2D eigenvalue weighted by atomic mass is 9.88. The summed E-state index contributed by atoms with van der Waals surface area (Å²) in [4.78, 5) is 16.8. The summed E-state index contributed by atoms with van der Waals surface area (Å²) in [6.45, 7) is 6.54. The van der Waals surface area contributed by atoms with Crippen LogP contribution in [-0.2, 0) is 4.79 Å². The number of piperidine rings is 1. The van der Waals surface area contributed by atoms with Crippen molar-refractivity contribution in [3.05, 3.63) is 0 Å². The largest absolute Gasteiger partial charge is 0.343 e. The van der Waals surface area contributed by atoms with Crippen LogP contribution in [0.1, 0.15) is 44.9 Å². The van der Waals surface area contributed by atoms with Gasteiger partial charge in [0.1, 0.15) is 0 Å². The van der Waals surface area contributed by atoms with E-state index in [-0.39, 0.29) is 0 Å². The van der Waals surface area contributed by atoms with Crippen LogP contribution in [0.5, 0.6) is 0 Å². The van der Waals surface area contributed by atoms with Gasteiger partial charge in [-0.05, 0) is 64.1 Å². The summed E-state index contributed by atoms with van der Waals surface area (Å²) in [5.41, 5.74) is 0. The summed E-state index contributed by atoms with van der Waals surface area (Å²) in [7, 11) is 0. The maximum atomic E-state index is 12.3. The normalized spacial score (nSPS) is 29.2. The quantitative estimate of drug-likeness (QED) is 0.846. The van der Waals surface area contributed by atoms with Crippen molar-refractivity contribution in [2.45, 2.75) is 51.0 Å². The van der Waals surface area contributed by atoms with Crippen LogP contribution in [0.3, 0.4) is 0 Å². The molecule has 0 aromatic heterocycles. The first-order valence-electron chi connectivity index (χ1n) is 8.56. The summed E-state index contributed by atoms with van der Waals surface area (Å²) in [6, 6.07) is 0.733. The number of carbonyl (C=O) groups excluding carboxylic acids is 1. The molecule has 3 aliphatic heterocycles. The molecule has 1 atom stereocenters. The van der Waals surface area contributed by atoms with Gasteiger partial charge in [0, 0.05) is 32.1 Å². The van der Waals surface area contributed by atoms with Crippen molar-refractivity contribution in [1.29, 1.82) is 0 Å². The Labute approximate surface area is 122 Å². The lowest BCUT2D eigenvalue weighted by Crippen LogP contribution is -2.44. The second kappa shape index (κ2) is 6.90. The van der Waals surface area contributed by atoms with E-state index in [1.54, 1.807) is 0 Å². The van der Waals surface area contributed by atoms with Gasteiger partial charge in [-0.3, -0.25) is 4.79 Å². The summed E-state index contributed by atoms with van der Waals surface area (Å²) in [6.07, 6.45) is 8.43. The van der Waals surface area contributed by atoms with E-state index in [0.29, 0.717) is 5.91 Å². The molecule has 114 valence electrons. The number of nitrogens with one attached hydrogen (secondary N) is 1. The van der Waals surface area contributed by atoms with Gasteiger partial charge in [-0.1, -0.05) is 0 Å². The van der Waals surface area contributed by atoms with Gasteiger partial charge in [-0.2, -0.15) is 0 Å². The Morgan fingerprint density at radius 1 is 1.00 bits per heavy atom. The molecule has 0 aromatic rings. The highest BCUT2D eigenvalue weighted by molar-refractivity contribution is 5.76. The first kappa shape index (κ1) is 14.3. The SMILES string of the molecule is O=C(CCN1CCCC1)N1CCC(C2CCCN2)CC1. The maximum Gasteiger partial charge on any atom is 0.223 e. The standard InChI is InChI=1S/C16H29N3O/c20-16(7-11-18-9-1-2-10-18)19-12-5-14(6-13-19)15-4-3-8-17-15/h14-15,17H,1-13H2. The number of rotatable bonds is 4. The van der Waals surface area contributed by atoms with E-state index in [1.165, 1.54) is 58.2 Å². The molecule has 0 saturated carbocycles. The summed E-state index contributed by atoms with van der Waals surface area (Å²) >= 11 is 0. The van der Waals surface area contributed by atoms with E-state index in [1.807, 2.05) is 0 Å². The van der Waals surface area contributed by atoms with Gasteiger partial charge in [0.15, 0.2) is 0 Å². The lowest BCUT2D eigenvalue weighted by molar-refractivity contribution is -0.133. The zero-order valence-electron chi connectivity index (χ0n) is 12.6. The van der Waals surface area contributed by atoms with Crippen LogP contribution in [0.4, 0.5) is 0 Å². The molecule has 0 aromatic carbocycles. The number of likely N-dealkylation sites (tertiary alicyclic amines) is 2. The fourth-order valence-electron chi connectivity index (χ4n) is 4.08. The molecule has 0 spiro atoms. The maximum absolute atomic E-state index is 12.3. The van der Waals surface area contributed by atoms with Crippen molar-refractivity contribution in [3.8, 4) is 0 Å². The average Bonchev–Trinajstić information content (AvgIpc) is 3.18. The minimum absolute atomic E-state index is 0.384. The van der Waals surface area contributed by atoms with Crippen molar-refractivity contribution < 1.29 is 4.79 Å². The smallest absolute Gasteiger partial charge is 0.223 e. The number of hydrogen-bond donors (Lipinski definition) is 1. The Morgan fingerprint density at radius 3 is 2.40 bits per heavy atom. The first-order valence-corrected chi connectivity index (χ1v) is 8.56. The molecular formula is C16H29N3O. The minimum Gasteiger partial charge on any atom is -0.343 e. The Bertz CT molecular complexity index is 314. The molecule has 4 heteroatoms. The highest BCUT2D eigenvalue weighted by Crippen LogP contribution is 2.25. The average molecular weight is 279 g/mol. The fraction of sp³-hybridized carbons (Fsp3) is 0.938. The molecule has 3 aliphatic rings. The zero-order chi connectivity index (χ0) is 13.8. The van der Waals surface area contributed by atoms with E-state index < -0.39 is 0 Å². The second-order valence-corrected chi connectivity index (χ2v) is 6.72. The predicted molar refractivity (Wildman–Crippen MR) is 80.6 cm³/mol. The molecule has 3 heterocycles. The van der Waals surface area contributed by atoms with E-state index in [4.69, 9.17) is 0 Å². The van der Waals surface area contributed by atoms with Gasteiger partial charge in [-0.15, -0.1) is 0 Å². The highest BCUT2D eigenvalue weighted by atomic mass is 16.2. The summed E-state index contributed by atoms with van der Waals surface area (Å²) < 4.78 is 0. The summed E-state index contributed by atoms with van der Waals surface area (Å²) in [5, 5.41) is 3.62. The molecular weight excluding hydrogens is 250 g/mol. The molecule has 1 N–H and O–H groups in total. The third-order valence-electron chi connectivity index (χ3n) is 5.40. The molecule has 0 radical (unpaired) electrons. The second-order valence-electron chi connectivity index (χ2n) is 6.72. The monoisotopic (exact) mass is 279 g/mol. The third-order valence-corrected chi connectivity index (χ3v) is 5.40. The van der Waals surface area contributed by atoms with Crippen molar-refractivity contribution >= 4 is 5.91 Å². The predicted octanol–water partition coefficient (Wildman–Crippen LogP) is 1.46. The van der Waals surface area contributed by atoms with Crippen LogP contribution in [0, 0.1) is 5.92 Å². The zero-order valence-corrected chi connectivity index (χ0v) is 12.6. The van der Waals surface area contributed by atoms with Crippen LogP contribution >= 0.6 is 0 Å². The van der Waals surface area contributed by atoms with Gasteiger partial charge in [0.2, 0.25) is 5.91 Å². The van der Waals surface area contributed by atoms with Gasteiger partial charge < -0.3 is 15.1 Å². The van der Waals surface area contributed by atoms with Crippen LogP contribution in [-0.4, -0.2) is 61.0 Å². The molecule has 3 rings (SSSR count).